The molecule has 0 aliphatic heterocycles. The number of nitrogens with zero attached hydrogens (tertiary/aromatic N) is 3. The van der Waals surface area contributed by atoms with Gasteiger partial charge in [0.1, 0.15) is 11.6 Å². The number of hydrogen-bond donors (Lipinski definition) is 0. The molecule has 1 aromatic heterocycles. The lowest BCUT2D eigenvalue weighted by Gasteiger charge is -2.31. The number of amides is 1. The lowest BCUT2D eigenvalue weighted by molar-refractivity contribution is -0.133. The second-order valence-electron chi connectivity index (χ2n) is 8.47. The van der Waals surface area contributed by atoms with Crippen LogP contribution in [0.1, 0.15) is 78.1 Å². The highest BCUT2D eigenvalue weighted by atomic mass is 16.5. The van der Waals surface area contributed by atoms with Gasteiger partial charge in [-0.1, -0.05) is 45.2 Å². The van der Waals surface area contributed by atoms with Crippen LogP contribution in [0, 0.1) is 0 Å². The van der Waals surface area contributed by atoms with Crippen molar-refractivity contribution in [1.82, 2.24) is 14.5 Å². The van der Waals surface area contributed by atoms with Crippen LogP contribution in [-0.2, 0) is 4.79 Å². The van der Waals surface area contributed by atoms with Crippen LogP contribution >= 0.6 is 0 Å². The van der Waals surface area contributed by atoms with E-state index in [9.17, 15) is 9.59 Å². The van der Waals surface area contributed by atoms with E-state index in [0.717, 1.165) is 31.4 Å². The Morgan fingerprint density at radius 1 is 1.00 bits per heavy atom. The minimum atomic E-state index is -0.299. The third-order valence-corrected chi connectivity index (χ3v) is 6.17. The molecule has 0 bridgehead atoms. The van der Waals surface area contributed by atoms with Gasteiger partial charge in [-0.15, -0.1) is 0 Å². The number of carbonyl (C=O) groups is 1. The Morgan fingerprint density at radius 2 is 1.74 bits per heavy atom. The maximum absolute atomic E-state index is 13.7. The zero-order valence-corrected chi connectivity index (χ0v) is 20.9. The average molecular weight is 464 g/mol. The SMILES string of the molecule is CCCCCCC(=O)N(CC)C(CC)c1nc2ccccc2c(=O)n1-c1ccc(OCC)cc1. The zero-order chi connectivity index (χ0) is 24.5. The van der Waals surface area contributed by atoms with Gasteiger partial charge in [-0.25, -0.2) is 4.98 Å². The molecule has 1 atom stereocenters. The summed E-state index contributed by atoms with van der Waals surface area (Å²) in [5.41, 5.74) is 1.23. The van der Waals surface area contributed by atoms with E-state index in [1.165, 1.54) is 0 Å². The van der Waals surface area contributed by atoms with Gasteiger partial charge in [0.2, 0.25) is 5.91 Å². The molecule has 2 aromatic carbocycles. The molecule has 3 aromatic rings. The first-order valence-electron chi connectivity index (χ1n) is 12.6. The molecule has 0 radical (unpaired) electrons. The van der Waals surface area contributed by atoms with Gasteiger partial charge in [-0.05, 0) is 63.1 Å². The summed E-state index contributed by atoms with van der Waals surface area (Å²) in [5.74, 6) is 1.46. The highest BCUT2D eigenvalue weighted by Crippen LogP contribution is 2.27. The summed E-state index contributed by atoms with van der Waals surface area (Å²) in [6, 6.07) is 14.6. The molecule has 6 nitrogen and oxygen atoms in total. The van der Waals surface area contributed by atoms with Crippen molar-refractivity contribution < 1.29 is 9.53 Å². The molecule has 6 heteroatoms. The quantitative estimate of drug-likeness (QED) is 0.307. The van der Waals surface area contributed by atoms with Crippen molar-refractivity contribution in [2.45, 2.75) is 72.3 Å². The Bertz CT molecular complexity index is 1140. The Morgan fingerprint density at radius 3 is 2.38 bits per heavy atom. The molecule has 182 valence electrons. The van der Waals surface area contributed by atoms with Crippen LogP contribution in [-0.4, -0.2) is 33.5 Å². The standard InChI is InChI=1S/C28H37N3O3/c1-5-9-10-11-16-26(32)30(7-3)25(6-2)27-29-24-15-13-12-14-23(24)28(33)31(27)21-17-19-22(20-18-21)34-8-4/h12-15,17-20,25H,5-11,16H2,1-4H3. The summed E-state index contributed by atoms with van der Waals surface area (Å²) in [5, 5.41) is 0.559. The molecule has 1 heterocycles. The molecular weight excluding hydrogens is 426 g/mol. The van der Waals surface area contributed by atoms with Crippen molar-refractivity contribution in [3.63, 3.8) is 0 Å². The van der Waals surface area contributed by atoms with Crippen LogP contribution < -0.4 is 10.3 Å². The fourth-order valence-electron chi connectivity index (χ4n) is 4.44. The predicted octanol–water partition coefficient (Wildman–Crippen LogP) is 6.05. The van der Waals surface area contributed by atoms with E-state index in [0.29, 0.717) is 48.4 Å². The lowest BCUT2D eigenvalue weighted by Crippen LogP contribution is -2.38. The van der Waals surface area contributed by atoms with Crippen molar-refractivity contribution >= 4 is 16.8 Å². The van der Waals surface area contributed by atoms with Crippen molar-refractivity contribution in [3.05, 3.63) is 64.7 Å². The molecule has 0 saturated heterocycles. The van der Waals surface area contributed by atoms with Gasteiger partial charge in [-0.2, -0.15) is 0 Å². The number of carbonyl (C=O) groups excluding carboxylic acids is 1. The van der Waals surface area contributed by atoms with E-state index in [4.69, 9.17) is 9.72 Å². The second-order valence-corrected chi connectivity index (χ2v) is 8.47. The third-order valence-electron chi connectivity index (χ3n) is 6.17. The lowest BCUT2D eigenvalue weighted by atomic mass is 10.1. The van der Waals surface area contributed by atoms with Gasteiger partial charge in [0, 0.05) is 13.0 Å². The summed E-state index contributed by atoms with van der Waals surface area (Å²) >= 11 is 0. The molecule has 34 heavy (non-hydrogen) atoms. The fourth-order valence-corrected chi connectivity index (χ4v) is 4.44. The topological polar surface area (TPSA) is 64.4 Å². The molecule has 0 aliphatic carbocycles. The number of fused-ring (bicyclic) bond motifs is 1. The normalized spacial score (nSPS) is 12.0. The highest BCUT2D eigenvalue weighted by Gasteiger charge is 2.27. The van der Waals surface area contributed by atoms with Crippen LogP contribution in [0.4, 0.5) is 0 Å². The van der Waals surface area contributed by atoms with E-state index < -0.39 is 0 Å². The number of aromatic nitrogens is 2. The molecule has 0 aliphatic rings. The summed E-state index contributed by atoms with van der Waals surface area (Å²) in [7, 11) is 0. The molecule has 1 unspecified atom stereocenters. The Hall–Kier alpha value is -3.15. The monoisotopic (exact) mass is 463 g/mol. The number of unbranched alkanes of at least 4 members (excludes halogenated alkanes) is 3. The van der Waals surface area contributed by atoms with Crippen LogP contribution in [0.25, 0.3) is 16.6 Å². The number of rotatable bonds is 12. The number of hydrogen-bond acceptors (Lipinski definition) is 4. The van der Waals surface area contributed by atoms with Crippen molar-refractivity contribution in [2.75, 3.05) is 13.2 Å². The van der Waals surface area contributed by atoms with Gasteiger partial charge in [-0.3, -0.25) is 14.2 Å². The van der Waals surface area contributed by atoms with E-state index in [1.54, 1.807) is 10.6 Å². The van der Waals surface area contributed by atoms with Crippen LogP contribution in [0.3, 0.4) is 0 Å². The zero-order valence-electron chi connectivity index (χ0n) is 20.9. The Labute approximate surface area is 202 Å². The Kier molecular flexibility index (Phi) is 9.25. The van der Waals surface area contributed by atoms with Gasteiger partial charge in [0.05, 0.1) is 29.2 Å². The molecule has 0 saturated carbocycles. The van der Waals surface area contributed by atoms with E-state index in [2.05, 4.69) is 6.92 Å². The largest absolute Gasteiger partial charge is 0.494 e. The molecular formula is C28H37N3O3. The molecule has 3 rings (SSSR count). The minimum Gasteiger partial charge on any atom is -0.494 e. The van der Waals surface area contributed by atoms with Crippen LogP contribution in [0.2, 0.25) is 0 Å². The van der Waals surface area contributed by atoms with E-state index >= 15 is 0 Å². The maximum Gasteiger partial charge on any atom is 0.266 e. The van der Waals surface area contributed by atoms with Crippen molar-refractivity contribution in [2.24, 2.45) is 0 Å². The van der Waals surface area contributed by atoms with Crippen molar-refractivity contribution in [1.29, 1.82) is 0 Å². The molecule has 0 spiro atoms. The summed E-state index contributed by atoms with van der Waals surface area (Å²) in [4.78, 5) is 33.7. The first kappa shape index (κ1) is 25.5. The van der Waals surface area contributed by atoms with Gasteiger partial charge >= 0.3 is 0 Å². The minimum absolute atomic E-state index is 0.117. The molecule has 0 N–H and O–H groups in total. The number of benzene rings is 2. The smallest absolute Gasteiger partial charge is 0.266 e. The number of para-hydroxylation sites is 1. The average Bonchev–Trinajstić information content (AvgIpc) is 2.86. The molecule has 0 fully saturated rings. The maximum atomic E-state index is 13.7. The first-order chi connectivity index (χ1) is 16.5. The predicted molar refractivity (Wildman–Crippen MR) is 138 cm³/mol. The van der Waals surface area contributed by atoms with Crippen LogP contribution in [0.5, 0.6) is 5.75 Å². The summed E-state index contributed by atoms with van der Waals surface area (Å²) in [6.07, 6.45) is 5.40. The van der Waals surface area contributed by atoms with Crippen molar-refractivity contribution in [3.8, 4) is 11.4 Å². The second kappa shape index (κ2) is 12.4. The van der Waals surface area contributed by atoms with Gasteiger partial charge < -0.3 is 9.64 Å². The summed E-state index contributed by atoms with van der Waals surface area (Å²) in [6.45, 7) is 9.28. The van der Waals surface area contributed by atoms with Crippen LogP contribution in [0.15, 0.2) is 53.3 Å². The van der Waals surface area contributed by atoms with E-state index in [-0.39, 0.29) is 17.5 Å². The molecule has 1 amide bonds. The highest BCUT2D eigenvalue weighted by molar-refractivity contribution is 5.79. The Balaban J connectivity index is 2.10. The summed E-state index contributed by atoms with van der Waals surface area (Å²) < 4.78 is 7.25. The number of ether oxygens (including phenoxy) is 1. The van der Waals surface area contributed by atoms with E-state index in [1.807, 2.05) is 68.1 Å². The van der Waals surface area contributed by atoms with Gasteiger partial charge in [0.25, 0.3) is 5.56 Å². The third kappa shape index (κ3) is 5.66. The van der Waals surface area contributed by atoms with Gasteiger partial charge in [0.15, 0.2) is 0 Å². The first-order valence-corrected chi connectivity index (χ1v) is 12.6. The fraction of sp³-hybridized carbons (Fsp3) is 0.464.